The smallest absolute Gasteiger partial charge is 0.335 e. The number of urea groups is 1. The Bertz CT molecular complexity index is 457. The molecule has 0 saturated carbocycles. The SMILES string of the molecule is O=C(Nc1cc(C(=O)O)ccn1)NC1CCOC1. The molecule has 1 aromatic heterocycles. The van der Waals surface area contributed by atoms with Gasteiger partial charge in [-0.1, -0.05) is 0 Å². The fraction of sp³-hybridized carbons (Fsp3) is 0.364. The molecular weight excluding hydrogens is 238 g/mol. The number of nitrogens with zero attached hydrogens (tertiary/aromatic N) is 1. The Kier molecular flexibility index (Phi) is 3.73. The Labute approximate surface area is 103 Å². The van der Waals surface area contributed by atoms with Crippen LogP contribution in [0.4, 0.5) is 10.6 Å². The van der Waals surface area contributed by atoms with Crippen LogP contribution in [0.5, 0.6) is 0 Å². The van der Waals surface area contributed by atoms with Crippen molar-refractivity contribution in [1.82, 2.24) is 10.3 Å². The summed E-state index contributed by atoms with van der Waals surface area (Å²) in [6, 6.07) is 2.23. The quantitative estimate of drug-likeness (QED) is 0.733. The molecule has 1 unspecified atom stereocenters. The largest absolute Gasteiger partial charge is 0.478 e. The number of carboxylic acid groups (broad SMARTS) is 1. The lowest BCUT2D eigenvalue weighted by atomic mass is 10.2. The van der Waals surface area contributed by atoms with Gasteiger partial charge in [-0.05, 0) is 18.6 Å². The van der Waals surface area contributed by atoms with Crippen molar-refractivity contribution < 1.29 is 19.4 Å². The molecule has 7 heteroatoms. The highest BCUT2D eigenvalue weighted by atomic mass is 16.5. The Morgan fingerprint density at radius 1 is 1.50 bits per heavy atom. The highest BCUT2D eigenvalue weighted by Gasteiger charge is 2.17. The molecule has 1 fully saturated rings. The molecule has 2 rings (SSSR count). The summed E-state index contributed by atoms with van der Waals surface area (Å²) in [5.74, 6) is -0.864. The molecular formula is C11H13N3O4. The molecule has 1 atom stereocenters. The van der Waals surface area contributed by atoms with Crippen molar-refractivity contribution in [1.29, 1.82) is 0 Å². The van der Waals surface area contributed by atoms with E-state index in [9.17, 15) is 9.59 Å². The van der Waals surface area contributed by atoms with Gasteiger partial charge in [-0.25, -0.2) is 14.6 Å². The molecule has 0 spiro atoms. The van der Waals surface area contributed by atoms with E-state index in [4.69, 9.17) is 9.84 Å². The Morgan fingerprint density at radius 3 is 3.00 bits per heavy atom. The van der Waals surface area contributed by atoms with Gasteiger partial charge in [0, 0.05) is 12.8 Å². The van der Waals surface area contributed by atoms with Crippen LogP contribution in [-0.2, 0) is 4.74 Å². The molecule has 1 aliphatic heterocycles. The summed E-state index contributed by atoms with van der Waals surface area (Å²) in [4.78, 5) is 26.2. The summed E-state index contributed by atoms with van der Waals surface area (Å²) >= 11 is 0. The molecule has 3 N–H and O–H groups in total. The van der Waals surface area contributed by atoms with Gasteiger partial charge in [0.25, 0.3) is 0 Å². The van der Waals surface area contributed by atoms with Crippen LogP contribution < -0.4 is 10.6 Å². The van der Waals surface area contributed by atoms with Gasteiger partial charge >= 0.3 is 12.0 Å². The minimum absolute atomic E-state index is 0.00680. The third-order valence-electron chi connectivity index (χ3n) is 2.51. The van der Waals surface area contributed by atoms with Crippen molar-refractivity contribution in [3.05, 3.63) is 23.9 Å². The minimum Gasteiger partial charge on any atom is -0.478 e. The van der Waals surface area contributed by atoms with Crippen LogP contribution >= 0.6 is 0 Å². The average molecular weight is 251 g/mol. The molecule has 0 aromatic carbocycles. The van der Waals surface area contributed by atoms with Gasteiger partial charge in [-0.3, -0.25) is 5.32 Å². The number of aromatic nitrogens is 1. The van der Waals surface area contributed by atoms with Gasteiger partial charge in [-0.15, -0.1) is 0 Å². The molecule has 0 aliphatic carbocycles. The number of aromatic carboxylic acids is 1. The van der Waals surface area contributed by atoms with Gasteiger partial charge in [0.2, 0.25) is 0 Å². The van der Waals surface area contributed by atoms with E-state index in [0.29, 0.717) is 13.2 Å². The second kappa shape index (κ2) is 5.46. The molecule has 0 bridgehead atoms. The zero-order valence-corrected chi connectivity index (χ0v) is 9.55. The maximum absolute atomic E-state index is 11.6. The number of nitrogens with one attached hydrogen (secondary N) is 2. The Morgan fingerprint density at radius 2 is 2.33 bits per heavy atom. The average Bonchev–Trinajstić information content (AvgIpc) is 2.82. The second-order valence-electron chi connectivity index (χ2n) is 3.89. The zero-order valence-electron chi connectivity index (χ0n) is 9.55. The number of ether oxygens (including phenoxy) is 1. The van der Waals surface area contributed by atoms with Crippen molar-refractivity contribution in [2.24, 2.45) is 0 Å². The summed E-state index contributed by atoms with van der Waals surface area (Å²) in [5.41, 5.74) is 0.0736. The lowest BCUT2D eigenvalue weighted by Crippen LogP contribution is -2.38. The first-order chi connectivity index (χ1) is 8.65. The van der Waals surface area contributed by atoms with Crippen LogP contribution in [0.15, 0.2) is 18.3 Å². The highest BCUT2D eigenvalue weighted by Crippen LogP contribution is 2.07. The summed E-state index contributed by atoms with van der Waals surface area (Å²) in [7, 11) is 0. The second-order valence-corrected chi connectivity index (χ2v) is 3.89. The molecule has 0 radical (unpaired) electrons. The number of rotatable bonds is 3. The van der Waals surface area contributed by atoms with Crippen LogP contribution in [0.25, 0.3) is 0 Å². The molecule has 2 heterocycles. The molecule has 1 saturated heterocycles. The predicted molar refractivity (Wildman–Crippen MR) is 62.6 cm³/mol. The fourth-order valence-electron chi connectivity index (χ4n) is 1.62. The molecule has 18 heavy (non-hydrogen) atoms. The van der Waals surface area contributed by atoms with Crippen LogP contribution in [0.1, 0.15) is 16.8 Å². The summed E-state index contributed by atoms with van der Waals surface area (Å²) in [5, 5.41) is 14.0. The van der Waals surface area contributed by atoms with Gasteiger partial charge < -0.3 is 15.2 Å². The van der Waals surface area contributed by atoms with Crippen molar-refractivity contribution in [3.8, 4) is 0 Å². The van der Waals surface area contributed by atoms with E-state index < -0.39 is 12.0 Å². The third kappa shape index (κ3) is 3.17. The number of pyridine rings is 1. The normalized spacial score (nSPS) is 18.3. The van der Waals surface area contributed by atoms with E-state index in [1.165, 1.54) is 18.3 Å². The van der Waals surface area contributed by atoms with Crippen LogP contribution in [0, 0.1) is 0 Å². The standard InChI is InChI=1S/C11H13N3O4/c15-10(16)7-1-3-12-9(5-7)14-11(17)13-8-2-4-18-6-8/h1,3,5,8H,2,4,6H2,(H,15,16)(H2,12,13,14,17). The highest BCUT2D eigenvalue weighted by molar-refractivity contribution is 5.92. The van der Waals surface area contributed by atoms with Gasteiger partial charge in [0.1, 0.15) is 5.82 Å². The lowest BCUT2D eigenvalue weighted by molar-refractivity contribution is 0.0696. The fourth-order valence-corrected chi connectivity index (χ4v) is 1.62. The van der Waals surface area contributed by atoms with Gasteiger partial charge in [-0.2, -0.15) is 0 Å². The number of carboxylic acids is 1. The molecule has 1 aromatic rings. The van der Waals surface area contributed by atoms with Crippen LogP contribution in [0.3, 0.4) is 0 Å². The number of amides is 2. The van der Waals surface area contributed by atoms with E-state index in [2.05, 4.69) is 15.6 Å². The predicted octanol–water partition coefficient (Wildman–Crippen LogP) is 0.690. The zero-order chi connectivity index (χ0) is 13.0. The maximum atomic E-state index is 11.6. The van der Waals surface area contributed by atoms with Crippen molar-refractivity contribution in [2.75, 3.05) is 18.5 Å². The summed E-state index contributed by atoms with van der Waals surface area (Å²) in [6.45, 7) is 1.13. The van der Waals surface area contributed by atoms with E-state index in [0.717, 1.165) is 6.42 Å². The van der Waals surface area contributed by atoms with E-state index in [-0.39, 0.29) is 17.4 Å². The van der Waals surface area contributed by atoms with E-state index in [1.54, 1.807) is 0 Å². The Balaban J connectivity index is 1.93. The summed E-state index contributed by atoms with van der Waals surface area (Å²) < 4.78 is 5.12. The maximum Gasteiger partial charge on any atom is 0.335 e. The van der Waals surface area contributed by atoms with Gasteiger partial charge in [0.15, 0.2) is 0 Å². The molecule has 96 valence electrons. The topological polar surface area (TPSA) is 101 Å². The number of hydrogen-bond donors (Lipinski definition) is 3. The lowest BCUT2D eigenvalue weighted by Gasteiger charge is -2.11. The molecule has 1 aliphatic rings. The van der Waals surface area contributed by atoms with Crippen molar-refractivity contribution in [3.63, 3.8) is 0 Å². The van der Waals surface area contributed by atoms with Crippen molar-refractivity contribution >= 4 is 17.8 Å². The first-order valence-corrected chi connectivity index (χ1v) is 5.50. The van der Waals surface area contributed by atoms with E-state index in [1.807, 2.05) is 0 Å². The number of carbonyl (C=O) groups excluding carboxylic acids is 1. The van der Waals surface area contributed by atoms with Crippen LogP contribution in [-0.4, -0.2) is 41.3 Å². The Hall–Kier alpha value is -2.15. The summed E-state index contributed by atoms with van der Waals surface area (Å²) in [6.07, 6.45) is 2.10. The van der Waals surface area contributed by atoms with Crippen LogP contribution in [0.2, 0.25) is 0 Å². The first kappa shape index (κ1) is 12.3. The minimum atomic E-state index is -1.06. The number of anilines is 1. The van der Waals surface area contributed by atoms with Gasteiger partial charge in [0.05, 0.1) is 18.2 Å². The number of hydrogen-bond acceptors (Lipinski definition) is 4. The van der Waals surface area contributed by atoms with Crippen molar-refractivity contribution in [2.45, 2.75) is 12.5 Å². The number of carbonyl (C=O) groups is 2. The first-order valence-electron chi connectivity index (χ1n) is 5.50. The monoisotopic (exact) mass is 251 g/mol. The van der Waals surface area contributed by atoms with E-state index >= 15 is 0 Å². The molecule has 2 amide bonds. The molecule has 7 nitrogen and oxygen atoms in total. The third-order valence-corrected chi connectivity index (χ3v) is 2.51.